The van der Waals surface area contributed by atoms with E-state index in [4.69, 9.17) is 5.84 Å². The van der Waals surface area contributed by atoms with Gasteiger partial charge < -0.3 is 10.7 Å². The third kappa shape index (κ3) is 2.48. The average molecular weight is 264 g/mol. The highest BCUT2D eigenvalue weighted by Gasteiger charge is 2.44. The quantitative estimate of drug-likeness (QED) is 0.399. The summed E-state index contributed by atoms with van der Waals surface area (Å²) in [5, 5.41) is 2.60. The predicted molar refractivity (Wildman–Crippen MR) is 67.7 cm³/mol. The van der Waals surface area contributed by atoms with Crippen molar-refractivity contribution in [2.45, 2.75) is 32.9 Å². The van der Waals surface area contributed by atoms with Gasteiger partial charge in [-0.15, -0.1) is 0 Å². The zero-order chi connectivity index (χ0) is 14.2. The second-order valence-electron chi connectivity index (χ2n) is 4.90. The summed E-state index contributed by atoms with van der Waals surface area (Å²) < 4.78 is 0. The summed E-state index contributed by atoms with van der Waals surface area (Å²) in [7, 11) is 0. The van der Waals surface area contributed by atoms with Crippen molar-refractivity contribution < 1.29 is 9.59 Å². The van der Waals surface area contributed by atoms with Crippen molar-refractivity contribution in [3.63, 3.8) is 0 Å². The van der Waals surface area contributed by atoms with E-state index in [0.29, 0.717) is 17.3 Å². The number of imide groups is 1. The van der Waals surface area contributed by atoms with E-state index in [2.05, 4.69) is 20.7 Å². The van der Waals surface area contributed by atoms with Crippen molar-refractivity contribution in [2.75, 3.05) is 5.43 Å². The van der Waals surface area contributed by atoms with Gasteiger partial charge in [-0.2, -0.15) is 0 Å². The van der Waals surface area contributed by atoms with E-state index in [9.17, 15) is 9.59 Å². The SMILES string of the molecule is Cc1cc(NN)nc(CN2C(=O)NC(C)(C)C2=O)n1. The van der Waals surface area contributed by atoms with Crippen LogP contribution in [0.15, 0.2) is 6.07 Å². The monoisotopic (exact) mass is 264 g/mol. The van der Waals surface area contributed by atoms with Crippen LogP contribution in [-0.2, 0) is 11.3 Å². The Kier molecular flexibility index (Phi) is 3.11. The van der Waals surface area contributed by atoms with Gasteiger partial charge >= 0.3 is 6.03 Å². The molecule has 3 amide bonds. The maximum Gasteiger partial charge on any atom is 0.325 e. The van der Waals surface area contributed by atoms with E-state index < -0.39 is 11.6 Å². The molecular weight excluding hydrogens is 248 g/mol. The summed E-state index contributed by atoms with van der Waals surface area (Å²) >= 11 is 0. The Morgan fingerprint density at radius 1 is 1.42 bits per heavy atom. The molecular formula is C11H16N6O2. The van der Waals surface area contributed by atoms with E-state index in [1.54, 1.807) is 26.8 Å². The van der Waals surface area contributed by atoms with Crippen LogP contribution in [0, 0.1) is 6.92 Å². The fourth-order valence-electron chi connectivity index (χ4n) is 1.88. The molecule has 1 aliphatic rings. The number of nitrogen functional groups attached to an aromatic ring is 1. The lowest BCUT2D eigenvalue weighted by atomic mass is 10.1. The number of rotatable bonds is 3. The molecule has 1 aromatic rings. The number of anilines is 1. The average Bonchev–Trinajstić information content (AvgIpc) is 2.51. The third-order valence-corrected chi connectivity index (χ3v) is 2.79. The Bertz CT molecular complexity index is 542. The van der Waals surface area contributed by atoms with Gasteiger partial charge in [-0.3, -0.25) is 9.69 Å². The number of aryl methyl sites for hydroxylation is 1. The number of nitrogens with zero attached hydrogens (tertiary/aromatic N) is 3. The lowest BCUT2D eigenvalue weighted by Gasteiger charge is -2.15. The van der Waals surface area contributed by atoms with Gasteiger partial charge in [0.15, 0.2) is 5.82 Å². The van der Waals surface area contributed by atoms with E-state index >= 15 is 0 Å². The zero-order valence-electron chi connectivity index (χ0n) is 11.0. The van der Waals surface area contributed by atoms with Gasteiger partial charge in [-0.05, 0) is 20.8 Å². The number of hydrogen-bond donors (Lipinski definition) is 3. The second-order valence-corrected chi connectivity index (χ2v) is 4.90. The van der Waals surface area contributed by atoms with E-state index in [1.807, 2.05) is 0 Å². The molecule has 0 atom stereocenters. The van der Waals surface area contributed by atoms with Gasteiger partial charge in [0.25, 0.3) is 5.91 Å². The molecule has 102 valence electrons. The fourth-order valence-corrected chi connectivity index (χ4v) is 1.88. The predicted octanol–water partition coefficient (Wildman–Crippen LogP) is -0.0990. The zero-order valence-corrected chi connectivity index (χ0v) is 11.0. The molecule has 0 spiro atoms. The molecule has 0 radical (unpaired) electrons. The summed E-state index contributed by atoms with van der Waals surface area (Å²) in [6.07, 6.45) is 0. The van der Waals surface area contributed by atoms with Crippen molar-refractivity contribution in [2.24, 2.45) is 5.84 Å². The minimum atomic E-state index is -0.893. The van der Waals surface area contributed by atoms with Gasteiger partial charge in [-0.1, -0.05) is 0 Å². The first kappa shape index (κ1) is 13.2. The van der Waals surface area contributed by atoms with Crippen molar-refractivity contribution in [3.8, 4) is 0 Å². The molecule has 1 aromatic heterocycles. The maximum absolute atomic E-state index is 12.0. The van der Waals surface area contributed by atoms with Gasteiger partial charge in [-0.25, -0.2) is 20.6 Å². The Morgan fingerprint density at radius 3 is 2.63 bits per heavy atom. The molecule has 2 heterocycles. The first-order valence-corrected chi connectivity index (χ1v) is 5.79. The van der Waals surface area contributed by atoms with Crippen LogP contribution >= 0.6 is 0 Å². The van der Waals surface area contributed by atoms with Gasteiger partial charge in [0, 0.05) is 11.8 Å². The molecule has 1 aliphatic heterocycles. The molecule has 0 unspecified atom stereocenters. The highest BCUT2D eigenvalue weighted by atomic mass is 16.2. The largest absolute Gasteiger partial charge is 0.325 e. The van der Waals surface area contributed by atoms with Crippen molar-refractivity contribution in [1.82, 2.24) is 20.2 Å². The molecule has 19 heavy (non-hydrogen) atoms. The highest BCUT2D eigenvalue weighted by Crippen LogP contribution is 2.18. The summed E-state index contributed by atoms with van der Waals surface area (Å²) in [4.78, 5) is 33.2. The number of urea groups is 1. The van der Waals surface area contributed by atoms with Crippen LogP contribution in [0.3, 0.4) is 0 Å². The van der Waals surface area contributed by atoms with Crippen LogP contribution < -0.4 is 16.6 Å². The van der Waals surface area contributed by atoms with Crippen molar-refractivity contribution >= 4 is 17.8 Å². The van der Waals surface area contributed by atoms with Gasteiger partial charge in [0.1, 0.15) is 11.4 Å². The van der Waals surface area contributed by atoms with Crippen molar-refractivity contribution in [3.05, 3.63) is 17.6 Å². The topological polar surface area (TPSA) is 113 Å². The molecule has 0 aliphatic carbocycles. The molecule has 1 saturated heterocycles. The van der Waals surface area contributed by atoms with Gasteiger partial charge in [0.05, 0.1) is 6.54 Å². The number of aromatic nitrogens is 2. The van der Waals surface area contributed by atoms with Crippen LogP contribution in [-0.4, -0.2) is 32.3 Å². The van der Waals surface area contributed by atoms with E-state index in [1.165, 1.54) is 0 Å². The number of carbonyl (C=O) groups is 2. The number of nitrogens with two attached hydrogens (primary N) is 1. The number of carbonyl (C=O) groups excluding carboxylic acids is 2. The van der Waals surface area contributed by atoms with Gasteiger partial charge in [0.2, 0.25) is 0 Å². The first-order chi connectivity index (χ1) is 8.83. The maximum atomic E-state index is 12.0. The molecule has 2 rings (SSSR count). The van der Waals surface area contributed by atoms with Crippen LogP contribution in [0.25, 0.3) is 0 Å². The molecule has 0 bridgehead atoms. The fraction of sp³-hybridized carbons (Fsp3) is 0.455. The van der Waals surface area contributed by atoms with E-state index in [-0.39, 0.29) is 12.5 Å². The summed E-state index contributed by atoms with van der Waals surface area (Å²) in [5.41, 5.74) is 2.22. The smallest absolute Gasteiger partial charge is 0.324 e. The van der Waals surface area contributed by atoms with Crippen LogP contribution in [0.1, 0.15) is 25.4 Å². The van der Waals surface area contributed by atoms with E-state index in [0.717, 1.165) is 4.90 Å². The molecule has 8 heteroatoms. The molecule has 0 saturated carbocycles. The summed E-state index contributed by atoms with van der Waals surface area (Å²) in [5.74, 6) is 5.79. The molecule has 8 nitrogen and oxygen atoms in total. The lowest BCUT2D eigenvalue weighted by Crippen LogP contribution is -2.40. The first-order valence-electron chi connectivity index (χ1n) is 5.79. The minimum absolute atomic E-state index is 0.0183. The molecule has 1 fully saturated rings. The molecule has 0 aromatic carbocycles. The highest BCUT2D eigenvalue weighted by molar-refractivity contribution is 6.06. The lowest BCUT2D eigenvalue weighted by molar-refractivity contribution is -0.130. The number of nitrogens with one attached hydrogen (secondary N) is 2. The third-order valence-electron chi connectivity index (χ3n) is 2.79. The second kappa shape index (κ2) is 4.47. The standard InChI is InChI=1S/C11H16N6O2/c1-6-4-7(16-12)14-8(13-6)5-17-9(18)11(2,3)15-10(17)19/h4H,5,12H2,1-3H3,(H,15,19)(H,13,14,16). The minimum Gasteiger partial charge on any atom is -0.324 e. The number of hydrogen-bond acceptors (Lipinski definition) is 6. The number of amides is 3. The Morgan fingerprint density at radius 2 is 2.11 bits per heavy atom. The van der Waals surface area contributed by atoms with Crippen LogP contribution in [0.5, 0.6) is 0 Å². The van der Waals surface area contributed by atoms with Crippen molar-refractivity contribution in [1.29, 1.82) is 0 Å². The Labute approximate surface area is 110 Å². The van der Waals surface area contributed by atoms with Crippen LogP contribution in [0.2, 0.25) is 0 Å². The summed E-state index contributed by atoms with van der Waals surface area (Å²) in [6, 6.07) is 1.22. The molecule has 4 N–H and O–H groups in total. The Hall–Kier alpha value is -2.22. The normalized spacial score (nSPS) is 17.6. The summed E-state index contributed by atoms with van der Waals surface area (Å²) in [6.45, 7) is 5.10. The van der Waals surface area contributed by atoms with Crippen LogP contribution in [0.4, 0.5) is 10.6 Å². The number of hydrazine groups is 1. The Balaban J connectivity index is 2.24.